The van der Waals surface area contributed by atoms with Crippen LogP contribution >= 0.6 is 0 Å². The summed E-state index contributed by atoms with van der Waals surface area (Å²) >= 11 is 0. The van der Waals surface area contributed by atoms with Crippen molar-refractivity contribution in [2.75, 3.05) is 0 Å². The Morgan fingerprint density at radius 3 is 2.70 bits per heavy atom. The zero-order valence-electron chi connectivity index (χ0n) is 15.9. The van der Waals surface area contributed by atoms with E-state index in [1.807, 2.05) is 13.0 Å². The fourth-order valence-corrected chi connectivity index (χ4v) is 3.16. The summed E-state index contributed by atoms with van der Waals surface area (Å²) in [6.07, 6.45) is 3.39. The number of fused-ring (bicyclic) bond motifs is 1. The highest BCUT2D eigenvalue weighted by atomic mass is 16.6. The van der Waals surface area contributed by atoms with Gasteiger partial charge in [-0.15, -0.1) is 0 Å². The lowest BCUT2D eigenvalue weighted by Crippen LogP contribution is -2.11. The summed E-state index contributed by atoms with van der Waals surface area (Å²) in [6.45, 7) is 1.90. The minimum atomic E-state index is -0.461. The second-order valence-electron chi connectivity index (χ2n) is 6.68. The Morgan fingerprint density at radius 2 is 2.00 bits per heavy atom. The molecule has 0 radical (unpaired) electrons. The standard InChI is InChI=1S/C22H15N5O3/c1-14-4-9-19-20(11-14)24-21(25-22(19)28)15(13-23)12-18-3-2-10-26(18)16-5-7-17(8-6-16)27(29)30/h2-12H,1H3,(H,24,25,28)/b15-12-. The van der Waals surface area contributed by atoms with Crippen molar-refractivity contribution >= 4 is 28.2 Å². The number of H-pyrrole nitrogens is 1. The van der Waals surface area contributed by atoms with Crippen LogP contribution in [0.4, 0.5) is 5.69 Å². The molecule has 0 aliphatic carbocycles. The second-order valence-corrected chi connectivity index (χ2v) is 6.68. The maximum Gasteiger partial charge on any atom is 0.269 e. The Kier molecular flexibility index (Phi) is 4.70. The van der Waals surface area contributed by atoms with Crippen LogP contribution in [0.3, 0.4) is 0 Å². The van der Waals surface area contributed by atoms with Gasteiger partial charge in [0.25, 0.3) is 11.2 Å². The molecule has 0 amide bonds. The number of nitriles is 1. The molecule has 2 heterocycles. The molecule has 8 heteroatoms. The largest absolute Gasteiger partial charge is 0.317 e. The van der Waals surface area contributed by atoms with Gasteiger partial charge in [-0.25, -0.2) is 4.98 Å². The van der Waals surface area contributed by atoms with Crippen LogP contribution in [-0.4, -0.2) is 19.5 Å². The first-order chi connectivity index (χ1) is 14.5. The molecule has 30 heavy (non-hydrogen) atoms. The van der Waals surface area contributed by atoms with Crippen molar-refractivity contribution < 1.29 is 4.92 Å². The SMILES string of the molecule is Cc1ccc2c(=O)[nH]c(/C(C#N)=C\c3cccn3-c3ccc([N+](=O)[O-])cc3)nc2c1. The van der Waals surface area contributed by atoms with Gasteiger partial charge in [0.2, 0.25) is 0 Å². The molecule has 0 saturated carbocycles. The van der Waals surface area contributed by atoms with E-state index in [1.54, 1.807) is 53.2 Å². The third-order valence-corrected chi connectivity index (χ3v) is 4.65. The van der Waals surface area contributed by atoms with E-state index in [1.165, 1.54) is 12.1 Å². The number of benzene rings is 2. The van der Waals surface area contributed by atoms with E-state index in [-0.39, 0.29) is 22.6 Å². The van der Waals surface area contributed by atoms with Crippen LogP contribution in [0.15, 0.2) is 65.6 Å². The highest BCUT2D eigenvalue weighted by Gasteiger charge is 2.11. The molecular weight excluding hydrogens is 382 g/mol. The van der Waals surface area contributed by atoms with E-state index in [0.29, 0.717) is 22.3 Å². The first-order valence-electron chi connectivity index (χ1n) is 9.01. The van der Waals surface area contributed by atoms with Gasteiger partial charge in [0.05, 0.1) is 21.4 Å². The smallest absolute Gasteiger partial charge is 0.269 e. The molecular formula is C22H15N5O3. The maximum absolute atomic E-state index is 12.4. The second kappa shape index (κ2) is 7.48. The van der Waals surface area contributed by atoms with Gasteiger partial charge >= 0.3 is 0 Å². The summed E-state index contributed by atoms with van der Waals surface area (Å²) in [5.74, 6) is 0.178. The van der Waals surface area contributed by atoms with Crippen LogP contribution in [0.1, 0.15) is 17.1 Å². The van der Waals surface area contributed by atoms with E-state index in [0.717, 1.165) is 5.56 Å². The quantitative estimate of drug-likeness (QED) is 0.317. The molecule has 0 bridgehead atoms. The van der Waals surface area contributed by atoms with Crippen LogP contribution in [0.25, 0.3) is 28.2 Å². The lowest BCUT2D eigenvalue weighted by molar-refractivity contribution is -0.384. The molecule has 4 aromatic rings. The average Bonchev–Trinajstić information content (AvgIpc) is 3.19. The van der Waals surface area contributed by atoms with Crippen molar-refractivity contribution in [3.63, 3.8) is 0 Å². The predicted molar refractivity (Wildman–Crippen MR) is 113 cm³/mol. The summed E-state index contributed by atoms with van der Waals surface area (Å²) < 4.78 is 1.78. The van der Waals surface area contributed by atoms with E-state index < -0.39 is 4.92 Å². The molecule has 0 unspecified atom stereocenters. The molecule has 0 fully saturated rings. The van der Waals surface area contributed by atoms with Gasteiger partial charge in [-0.2, -0.15) is 5.26 Å². The number of rotatable bonds is 4. The van der Waals surface area contributed by atoms with Gasteiger partial charge in [0.15, 0.2) is 5.82 Å². The number of nitro groups is 1. The molecule has 8 nitrogen and oxygen atoms in total. The molecule has 0 aliphatic rings. The van der Waals surface area contributed by atoms with Crippen molar-refractivity contribution in [2.45, 2.75) is 6.92 Å². The van der Waals surface area contributed by atoms with Gasteiger partial charge in [0, 0.05) is 29.7 Å². The van der Waals surface area contributed by atoms with Crippen molar-refractivity contribution in [1.82, 2.24) is 14.5 Å². The number of hydrogen-bond donors (Lipinski definition) is 1. The zero-order chi connectivity index (χ0) is 21.3. The molecule has 4 rings (SSSR count). The predicted octanol–water partition coefficient (Wildman–Crippen LogP) is 3.99. The normalized spacial score (nSPS) is 11.4. The molecule has 0 spiro atoms. The molecule has 146 valence electrons. The lowest BCUT2D eigenvalue weighted by Gasteiger charge is -2.07. The number of aromatic nitrogens is 3. The third-order valence-electron chi connectivity index (χ3n) is 4.65. The topological polar surface area (TPSA) is 118 Å². The molecule has 2 aromatic carbocycles. The molecule has 1 N–H and O–H groups in total. The van der Waals surface area contributed by atoms with Crippen molar-refractivity contribution in [2.24, 2.45) is 0 Å². The Bertz CT molecular complexity index is 1410. The van der Waals surface area contributed by atoms with E-state index in [4.69, 9.17) is 0 Å². The van der Waals surface area contributed by atoms with Gasteiger partial charge in [-0.1, -0.05) is 6.07 Å². The number of aryl methyl sites for hydroxylation is 1. The Balaban J connectivity index is 1.79. The van der Waals surface area contributed by atoms with Crippen LogP contribution in [0.2, 0.25) is 0 Å². The molecule has 2 aromatic heterocycles. The fourth-order valence-electron chi connectivity index (χ4n) is 3.16. The van der Waals surface area contributed by atoms with E-state index >= 15 is 0 Å². The summed E-state index contributed by atoms with van der Waals surface area (Å²) in [4.78, 5) is 29.9. The zero-order valence-corrected chi connectivity index (χ0v) is 15.9. The highest BCUT2D eigenvalue weighted by Crippen LogP contribution is 2.21. The van der Waals surface area contributed by atoms with Crippen LogP contribution < -0.4 is 5.56 Å². The summed E-state index contributed by atoms with van der Waals surface area (Å²) in [5.41, 5.74) is 2.70. The highest BCUT2D eigenvalue weighted by molar-refractivity contribution is 5.89. The number of nitrogens with one attached hydrogen (secondary N) is 1. The molecule has 0 saturated heterocycles. The lowest BCUT2D eigenvalue weighted by atomic mass is 10.1. The minimum Gasteiger partial charge on any atom is -0.317 e. The number of aromatic amines is 1. The van der Waals surface area contributed by atoms with Gasteiger partial charge < -0.3 is 9.55 Å². The summed E-state index contributed by atoms with van der Waals surface area (Å²) in [5, 5.41) is 21.0. The minimum absolute atomic E-state index is 0.00561. The third kappa shape index (κ3) is 3.47. The Morgan fingerprint density at radius 1 is 1.23 bits per heavy atom. The summed E-state index contributed by atoms with van der Waals surface area (Å²) in [7, 11) is 0. The van der Waals surface area contributed by atoms with Gasteiger partial charge in [-0.05, 0) is 55.0 Å². The van der Waals surface area contributed by atoms with E-state index in [2.05, 4.69) is 16.0 Å². The molecule has 0 atom stereocenters. The van der Waals surface area contributed by atoms with Gasteiger partial charge in [-0.3, -0.25) is 14.9 Å². The average molecular weight is 397 g/mol. The summed E-state index contributed by atoms with van der Waals surface area (Å²) in [6, 6.07) is 17.1. The van der Waals surface area contributed by atoms with E-state index in [9.17, 15) is 20.2 Å². The van der Waals surface area contributed by atoms with Crippen molar-refractivity contribution in [3.8, 4) is 11.8 Å². The Hall–Kier alpha value is -4.51. The monoisotopic (exact) mass is 397 g/mol. The van der Waals surface area contributed by atoms with Crippen LogP contribution in [0, 0.1) is 28.4 Å². The van der Waals surface area contributed by atoms with Gasteiger partial charge in [0.1, 0.15) is 6.07 Å². The Labute approximate surface area is 170 Å². The van der Waals surface area contributed by atoms with Crippen molar-refractivity contribution in [1.29, 1.82) is 5.26 Å². The number of allylic oxidation sites excluding steroid dienone is 1. The molecule has 0 aliphatic heterocycles. The van der Waals surface area contributed by atoms with Crippen molar-refractivity contribution in [3.05, 3.63) is 98.3 Å². The number of nitrogens with zero attached hydrogens (tertiary/aromatic N) is 4. The number of nitro benzene ring substituents is 1. The maximum atomic E-state index is 12.4. The van der Waals surface area contributed by atoms with Crippen LogP contribution in [-0.2, 0) is 0 Å². The van der Waals surface area contributed by atoms with Crippen LogP contribution in [0.5, 0.6) is 0 Å². The first kappa shape index (κ1) is 18.8. The number of hydrogen-bond acceptors (Lipinski definition) is 5. The first-order valence-corrected chi connectivity index (χ1v) is 9.01. The fraction of sp³-hybridized carbons (Fsp3) is 0.0455. The number of non-ortho nitro benzene ring substituents is 1.